The highest BCUT2D eigenvalue weighted by atomic mass is 19.1. The molecule has 5 heteroatoms. The molecule has 3 rings (SSSR count). The molecule has 0 spiro atoms. The molecule has 1 saturated carbocycles. The number of anilines is 1. The Morgan fingerprint density at radius 1 is 1.00 bits per heavy atom. The van der Waals surface area contributed by atoms with Gasteiger partial charge in [-0.2, -0.15) is 0 Å². The Balaban J connectivity index is 1.69. The van der Waals surface area contributed by atoms with E-state index in [1.165, 1.54) is 37.8 Å². The van der Waals surface area contributed by atoms with Crippen molar-refractivity contribution < 1.29 is 13.9 Å². The summed E-state index contributed by atoms with van der Waals surface area (Å²) in [5.74, 6) is -1.15. The molecule has 0 radical (unpaired) electrons. The smallest absolute Gasteiger partial charge is 0.149 e. The molecule has 1 aliphatic carbocycles. The van der Waals surface area contributed by atoms with Gasteiger partial charge in [-0.05, 0) is 30.5 Å². The molecule has 2 fully saturated rings. The van der Waals surface area contributed by atoms with Gasteiger partial charge < -0.3 is 10.0 Å². The average Bonchev–Trinajstić information content (AvgIpc) is 3.01. The van der Waals surface area contributed by atoms with Crippen LogP contribution in [0.2, 0.25) is 0 Å². The number of piperazine rings is 1. The molecule has 2 aliphatic rings. The first-order valence-electron chi connectivity index (χ1n) is 7.77. The number of aliphatic hydroxyl groups is 1. The van der Waals surface area contributed by atoms with E-state index >= 15 is 0 Å². The molecule has 1 aromatic rings. The molecular formula is C16H22F2N2O. The van der Waals surface area contributed by atoms with Crippen LogP contribution in [0.15, 0.2) is 12.1 Å². The van der Waals surface area contributed by atoms with E-state index in [1.807, 2.05) is 0 Å². The minimum Gasteiger partial charge on any atom is -0.392 e. The normalized spacial score (nSPS) is 21.2. The monoisotopic (exact) mass is 296 g/mol. The first-order valence-corrected chi connectivity index (χ1v) is 7.77. The summed E-state index contributed by atoms with van der Waals surface area (Å²) in [6.07, 6.45) is 5.12. The van der Waals surface area contributed by atoms with Crippen LogP contribution in [-0.2, 0) is 6.61 Å². The lowest BCUT2D eigenvalue weighted by Gasteiger charge is -2.39. The predicted octanol–water partition coefficient (Wildman–Crippen LogP) is 2.52. The van der Waals surface area contributed by atoms with E-state index in [9.17, 15) is 8.78 Å². The van der Waals surface area contributed by atoms with Gasteiger partial charge in [-0.3, -0.25) is 4.90 Å². The Kier molecular flexibility index (Phi) is 4.40. The fourth-order valence-electron chi connectivity index (χ4n) is 3.59. The number of nitrogens with zero attached hydrogens (tertiary/aromatic N) is 2. The van der Waals surface area contributed by atoms with Gasteiger partial charge in [0, 0.05) is 32.2 Å². The van der Waals surface area contributed by atoms with Crippen LogP contribution in [0.25, 0.3) is 0 Å². The van der Waals surface area contributed by atoms with E-state index in [2.05, 4.69) is 4.90 Å². The zero-order valence-electron chi connectivity index (χ0n) is 12.2. The third kappa shape index (κ3) is 3.04. The lowest BCUT2D eigenvalue weighted by Crippen LogP contribution is -2.50. The number of hydrogen-bond acceptors (Lipinski definition) is 3. The topological polar surface area (TPSA) is 26.7 Å². The fourth-order valence-corrected chi connectivity index (χ4v) is 3.59. The number of halogens is 2. The Morgan fingerprint density at radius 3 is 2.10 bits per heavy atom. The Bertz CT molecular complexity index is 472. The van der Waals surface area contributed by atoms with Gasteiger partial charge in [0.1, 0.15) is 17.3 Å². The highest BCUT2D eigenvalue weighted by Crippen LogP contribution is 2.28. The summed E-state index contributed by atoms with van der Waals surface area (Å²) >= 11 is 0. The number of benzene rings is 1. The van der Waals surface area contributed by atoms with Crippen molar-refractivity contribution in [2.24, 2.45) is 0 Å². The van der Waals surface area contributed by atoms with Crippen LogP contribution in [0.1, 0.15) is 31.2 Å². The lowest BCUT2D eigenvalue weighted by atomic mass is 10.1. The molecule has 1 N–H and O–H groups in total. The SMILES string of the molecule is OCc1cc(F)c(N2CCN(C3CCCC3)CC2)c(F)c1. The van der Waals surface area contributed by atoms with Crippen LogP contribution in [0, 0.1) is 11.6 Å². The highest BCUT2D eigenvalue weighted by molar-refractivity contribution is 5.51. The molecule has 21 heavy (non-hydrogen) atoms. The van der Waals surface area contributed by atoms with E-state index in [-0.39, 0.29) is 17.9 Å². The molecule has 1 aromatic carbocycles. The standard InChI is InChI=1S/C16H22F2N2O/c17-14-9-12(11-21)10-15(18)16(14)20-7-5-19(6-8-20)13-3-1-2-4-13/h9-10,13,21H,1-8,11H2. The second-order valence-corrected chi connectivity index (χ2v) is 6.03. The fraction of sp³-hybridized carbons (Fsp3) is 0.625. The van der Waals surface area contributed by atoms with Gasteiger partial charge in [-0.25, -0.2) is 8.78 Å². The van der Waals surface area contributed by atoms with Crippen molar-refractivity contribution in [1.82, 2.24) is 4.90 Å². The van der Waals surface area contributed by atoms with E-state index in [0.29, 0.717) is 19.1 Å². The van der Waals surface area contributed by atoms with Crippen LogP contribution in [-0.4, -0.2) is 42.2 Å². The van der Waals surface area contributed by atoms with Crippen LogP contribution in [0.4, 0.5) is 14.5 Å². The Morgan fingerprint density at radius 2 is 1.57 bits per heavy atom. The summed E-state index contributed by atoms with van der Waals surface area (Å²) < 4.78 is 28.1. The molecular weight excluding hydrogens is 274 g/mol. The summed E-state index contributed by atoms with van der Waals surface area (Å²) in [6, 6.07) is 3.11. The van der Waals surface area contributed by atoms with Gasteiger partial charge in [0.15, 0.2) is 0 Å². The van der Waals surface area contributed by atoms with Crippen LogP contribution >= 0.6 is 0 Å². The Labute approximate surface area is 124 Å². The highest BCUT2D eigenvalue weighted by Gasteiger charge is 2.28. The predicted molar refractivity (Wildman–Crippen MR) is 78.3 cm³/mol. The first-order chi connectivity index (χ1) is 10.2. The van der Waals surface area contributed by atoms with E-state index in [4.69, 9.17) is 5.11 Å². The number of rotatable bonds is 3. The van der Waals surface area contributed by atoms with Gasteiger partial charge in [-0.15, -0.1) is 0 Å². The summed E-state index contributed by atoms with van der Waals surface area (Å²) in [7, 11) is 0. The van der Waals surface area contributed by atoms with Crippen molar-refractivity contribution in [2.45, 2.75) is 38.3 Å². The van der Waals surface area contributed by atoms with Crippen molar-refractivity contribution in [3.63, 3.8) is 0 Å². The molecule has 3 nitrogen and oxygen atoms in total. The zero-order valence-corrected chi connectivity index (χ0v) is 12.2. The molecule has 1 aliphatic heterocycles. The zero-order chi connectivity index (χ0) is 14.8. The molecule has 0 amide bonds. The minimum absolute atomic E-state index is 0.0540. The molecule has 0 unspecified atom stereocenters. The number of aliphatic hydroxyl groups excluding tert-OH is 1. The number of hydrogen-bond donors (Lipinski definition) is 1. The summed E-state index contributed by atoms with van der Waals surface area (Å²) in [5.41, 5.74) is 0.330. The Hall–Kier alpha value is -1.20. The van der Waals surface area contributed by atoms with Crippen molar-refractivity contribution in [2.75, 3.05) is 31.1 Å². The van der Waals surface area contributed by atoms with Crippen LogP contribution in [0.3, 0.4) is 0 Å². The largest absolute Gasteiger partial charge is 0.392 e. The third-order valence-electron chi connectivity index (χ3n) is 4.73. The van der Waals surface area contributed by atoms with Gasteiger partial charge >= 0.3 is 0 Å². The summed E-state index contributed by atoms with van der Waals surface area (Å²) in [5, 5.41) is 8.99. The van der Waals surface area contributed by atoms with E-state index in [0.717, 1.165) is 13.1 Å². The van der Waals surface area contributed by atoms with Gasteiger partial charge in [-0.1, -0.05) is 12.8 Å². The van der Waals surface area contributed by atoms with Gasteiger partial charge in [0.25, 0.3) is 0 Å². The van der Waals surface area contributed by atoms with Crippen molar-refractivity contribution >= 4 is 5.69 Å². The van der Waals surface area contributed by atoms with Crippen LogP contribution < -0.4 is 4.90 Å². The van der Waals surface area contributed by atoms with E-state index < -0.39 is 11.6 Å². The van der Waals surface area contributed by atoms with Gasteiger partial charge in [0.05, 0.1) is 6.61 Å². The maximum atomic E-state index is 14.1. The summed E-state index contributed by atoms with van der Waals surface area (Å²) in [6.45, 7) is 2.70. The van der Waals surface area contributed by atoms with Crippen molar-refractivity contribution in [1.29, 1.82) is 0 Å². The third-order valence-corrected chi connectivity index (χ3v) is 4.73. The van der Waals surface area contributed by atoms with Crippen molar-refractivity contribution in [3.8, 4) is 0 Å². The average molecular weight is 296 g/mol. The van der Waals surface area contributed by atoms with Crippen LogP contribution in [0.5, 0.6) is 0 Å². The maximum absolute atomic E-state index is 14.1. The maximum Gasteiger partial charge on any atom is 0.149 e. The second kappa shape index (κ2) is 6.28. The summed E-state index contributed by atoms with van der Waals surface area (Å²) in [4.78, 5) is 4.25. The van der Waals surface area contributed by atoms with Gasteiger partial charge in [0.2, 0.25) is 0 Å². The van der Waals surface area contributed by atoms with Crippen molar-refractivity contribution in [3.05, 3.63) is 29.3 Å². The molecule has 1 saturated heterocycles. The molecule has 0 atom stereocenters. The molecule has 0 bridgehead atoms. The second-order valence-electron chi connectivity index (χ2n) is 6.03. The minimum atomic E-state index is -0.576. The molecule has 116 valence electrons. The quantitative estimate of drug-likeness (QED) is 0.928. The first kappa shape index (κ1) is 14.7. The molecule has 0 aromatic heterocycles. The molecule has 1 heterocycles. The van der Waals surface area contributed by atoms with E-state index in [1.54, 1.807) is 4.90 Å². The lowest BCUT2D eigenvalue weighted by molar-refractivity contribution is 0.187.